The van der Waals surface area contributed by atoms with Gasteiger partial charge in [-0.1, -0.05) is 19.8 Å². The van der Waals surface area contributed by atoms with Gasteiger partial charge in [-0.25, -0.2) is 4.98 Å². The molecule has 0 spiro atoms. The van der Waals surface area contributed by atoms with Crippen LogP contribution in [0.2, 0.25) is 0 Å². The Kier molecular flexibility index (Phi) is 2.95. The fourth-order valence-electron chi connectivity index (χ4n) is 3.84. The molecule has 0 amide bonds. The average Bonchev–Trinajstić information content (AvgIpc) is 2.91. The van der Waals surface area contributed by atoms with E-state index < -0.39 is 0 Å². The van der Waals surface area contributed by atoms with Crippen molar-refractivity contribution in [2.75, 3.05) is 6.54 Å². The van der Waals surface area contributed by atoms with E-state index in [4.69, 9.17) is 0 Å². The number of aromatic nitrogens is 2. The van der Waals surface area contributed by atoms with Gasteiger partial charge in [0.05, 0.1) is 6.04 Å². The Hall–Kier alpha value is -0.830. The van der Waals surface area contributed by atoms with Crippen LogP contribution in [-0.2, 0) is 7.05 Å². The predicted molar refractivity (Wildman–Crippen MR) is 68.6 cm³/mol. The second kappa shape index (κ2) is 4.45. The summed E-state index contributed by atoms with van der Waals surface area (Å²) in [4.78, 5) is 4.55. The molecular formula is C14H23N3. The van der Waals surface area contributed by atoms with Crippen molar-refractivity contribution < 1.29 is 0 Å². The second-order valence-corrected chi connectivity index (χ2v) is 5.62. The molecule has 2 saturated carbocycles. The lowest BCUT2D eigenvalue weighted by atomic mass is 10.0. The third-order valence-corrected chi connectivity index (χ3v) is 4.67. The molecule has 3 nitrogen and oxygen atoms in total. The molecule has 0 saturated heterocycles. The van der Waals surface area contributed by atoms with Gasteiger partial charge in [0.2, 0.25) is 0 Å². The molecule has 0 radical (unpaired) electrons. The fourth-order valence-corrected chi connectivity index (χ4v) is 3.84. The summed E-state index contributed by atoms with van der Waals surface area (Å²) in [5.74, 6) is 4.03. The molecule has 1 aromatic rings. The van der Waals surface area contributed by atoms with E-state index in [0.29, 0.717) is 6.04 Å². The maximum absolute atomic E-state index is 4.55. The molecular weight excluding hydrogens is 210 g/mol. The van der Waals surface area contributed by atoms with Gasteiger partial charge in [0.25, 0.3) is 0 Å². The Bertz CT molecular complexity index is 373. The molecule has 2 fully saturated rings. The number of hydrogen-bond acceptors (Lipinski definition) is 2. The number of nitrogens with zero attached hydrogens (tertiary/aromatic N) is 2. The van der Waals surface area contributed by atoms with Crippen molar-refractivity contribution in [3.63, 3.8) is 0 Å². The van der Waals surface area contributed by atoms with E-state index in [1.807, 2.05) is 6.20 Å². The zero-order chi connectivity index (χ0) is 11.8. The van der Waals surface area contributed by atoms with Crippen LogP contribution in [0.5, 0.6) is 0 Å². The highest BCUT2D eigenvalue weighted by atomic mass is 15.1. The lowest BCUT2D eigenvalue weighted by Crippen LogP contribution is -2.26. The normalized spacial score (nSPS) is 33.2. The first kappa shape index (κ1) is 11.3. The zero-order valence-corrected chi connectivity index (χ0v) is 10.9. The highest BCUT2D eigenvalue weighted by Gasteiger charge is 2.55. The maximum Gasteiger partial charge on any atom is 0.125 e. The van der Waals surface area contributed by atoms with Gasteiger partial charge >= 0.3 is 0 Å². The summed E-state index contributed by atoms with van der Waals surface area (Å²) in [6.45, 7) is 3.23. The van der Waals surface area contributed by atoms with Crippen molar-refractivity contribution in [2.24, 2.45) is 24.8 Å². The van der Waals surface area contributed by atoms with Gasteiger partial charge in [0.15, 0.2) is 0 Å². The molecule has 3 atom stereocenters. The fraction of sp³-hybridized carbons (Fsp3) is 0.786. The topological polar surface area (TPSA) is 29.9 Å². The SMILES string of the molecule is CCNC(c1nccn1C)C1C2CCCCC21. The summed E-state index contributed by atoms with van der Waals surface area (Å²) in [6.07, 6.45) is 9.76. The first-order chi connectivity index (χ1) is 8.33. The Morgan fingerprint density at radius 3 is 2.65 bits per heavy atom. The van der Waals surface area contributed by atoms with Crippen LogP contribution in [-0.4, -0.2) is 16.1 Å². The molecule has 0 aromatic carbocycles. The Labute approximate surface area is 104 Å². The van der Waals surface area contributed by atoms with Crippen molar-refractivity contribution in [1.29, 1.82) is 0 Å². The standard InChI is InChI=1S/C14H23N3/c1-3-15-13(14-16-8-9-17(14)2)12-10-6-4-5-7-11(10)12/h8-13,15H,3-7H2,1-2H3. The molecule has 1 heterocycles. The molecule has 94 valence electrons. The maximum atomic E-state index is 4.55. The average molecular weight is 233 g/mol. The second-order valence-electron chi connectivity index (χ2n) is 5.62. The molecule has 17 heavy (non-hydrogen) atoms. The van der Waals surface area contributed by atoms with E-state index >= 15 is 0 Å². The van der Waals surface area contributed by atoms with Gasteiger partial charge in [0, 0.05) is 19.4 Å². The summed E-state index contributed by atoms with van der Waals surface area (Å²) in [6, 6.07) is 0.480. The number of aryl methyl sites for hydroxylation is 1. The number of rotatable bonds is 4. The minimum absolute atomic E-state index is 0.480. The van der Waals surface area contributed by atoms with Crippen molar-refractivity contribution in [3.8, 4) is 0 Å². The highest BCUT2D eigenvalue weighted by molar-refractivity contribution is 5.12. The molecule has 0 aliphatic heterocycles. The van der Waals surface area contributed by atoms with E-state index in [1.165, 1.54) is 31.5 Å². The third kappa shape index (κ3) is 1.90. The first-order valence-corrected chi connectivity index (χ1v) is 7.03. The minimum atomic E-state index is 0.480. The molecule has 1 aromatic heterocycles. The summed E-state index contributed by atoms with van der Waals surface area (Å²) in [7, 11) is 2.11. The number of imidazole rings is 1. The quantitative estimate of drug-likeness (QED) is 0.866. The molecule has 1 N–H and O–H groups in total. The lowest BCUT2D eigenvalue weighted by molar-refractivity contribution is 0.426. The zero-order valence-electron chi connectivity index (χ0n) is 10.9. The first-order valence-electron chi connectivity index (χ1n) is 7.03. The van der Waals surface area contributed by atoms with Crippen LogP contribution in [0.1, 0.15) is 44.5 Å². The van der Waals surface area contributed by atoms with Crippen LogP contribution in [0.3, 0.4) is 0 Å². The predicted octanol–water partition coefficient (Wildman–Crippen LogP) is 2.51. The van der Waals surface area contributed by atoms with Crippen molar-refractivity contribution in [3.05, 3.63) is 18.2 Å². The largest absolute Gasteiger partial charge is 0.337 e. The van der Waals surface area contributed by atoms with Crippen LogP contribution in [0.15, 0.2) is 12.4 Å². The summed E-state index contributed by atoms with van der Waals surface area (Å²) >= 11 is 0. The van der Waals surface area contributed by atoms with Crippen molar-refractivity contribution in [2.45, 2.75) is 38.6 Å². The van der Waals surface area contributed by atoms with Crippen LogP contribution >= 0.6 is 0 Å². The third-order valence-electron chi connectivity index (χ3n) is 4.67. The van der Waals surface area contributed by atoms with E-state index in [0.717, 1.165) is 24.3 Å². The Balaban J connectivity index is 1.79. The highest BCUT2D eigenvalue weighted by Crippen LogP contribution is 2.60. The molecule has 0 bridgehead atoms. The van der Waals surface area contributed by atoms with Gasteiger partial charge in [-0.05, 0) is 37.1 Å². The van der Waals surface area contributed by atoms with Crippen LogP contribution in [0, 0.1) is 17.8 Å². The van der Waals surface area contributed by atoms with Crippen molar-refractivity contribution in [1.82, 2.24) is 14.9 Å². The van der Waals surface area contributed by atoms with Crippen LogP contribution in [0.4, 0.5) is 0 Å². The molecule has 3 rings (SSSR count). The van der Waals surface area contributed by atoms with Crippen LogP contribution in [0.25, 0.3) is 0 Å². The molecule has 3 unspecified atom stereocenters. The smallest absolute Gasteiger partial charge is 0.125 e. The lowest BCUT2D eigenvalue weighted by Gasteiger charge is -2.18. The molecule has 2 aliphatic carbocycles. The number of fused-ring (bicyclic) bond motifs is 1. The number of nitrogens with one attached hydrogen (secondary N) is 1. The van der Waals surface area contributed by atoms with Gasteiger partial charge in [-0.15, -0.1) is 0 Å². The van der Waals surface area contributed by atoms with Gasteiger partial charge < -0.3 is 9.88 Å². The summed E-state index contributed by atoms with van der Waals surface area (Å²) in [5, 5.41) is 3.66. The van der Waals surface area contributed by atoms with Crippen molar-refractivity contribution >= 4 is 0 Å². The van der Waals surface area contributed by atoms with E-state index in [9.17, 15) is 0 Å². The summed E-state index contributed by atoms with van der Waals surface area (Å²) in [5.41, 5.74) is 0. The Morgan fingerprint density at radius 2 is 2.12 bits per heavy atom. The summed E-state index contributed by atoms with van der Waals surface area (Å²) < 4.78 is 2.18. The van der Waals surface area contributed by atoms with E-state index in [1.54, 1.807) is 0 Å². The number of hydrogen-bond donors (Lipinski definition) is 1. The van der Waals surface area contributed by atoms with Gasteiger partial charge in [-0.2, -0.15) is 0 Å². The molecule has 2 aliphatic rings. The Morgan fingerprint density at radius 1 is 1.41 bits per heavy atom. The monoisotopic (exact) mass is 233 g/mol. The van der Waals surface area contributed by atoms with Gasteiger partial charge in [-0.3, -0.25) is 0 Å². The van der Waals surface area contributed by atoms with E-state index in [2.05, 4.69) is 35.0 Å². The van der Waals surface area contributed by atoms with E-state index in [-0.39, 0.29) is 0 Å². The van der Waals surface area contributed by atoms with Crippen LogP contribution < -0.4 is 5.32 Å². The minimum Gasteiger partial charge on any atom is -0.337 e. The molecule has 3 heteroatoms. The van der Waals surface area contributed by atoms with Gasteiger partial charge in [0.1, 0.15) is 5.82 Å².